The lowest BCUT2D eigenvalue weighted by atomic mass is 10.3. The molecule has 0 saturated heterocycles. The highest BCUT2D eigenvalue weighted by molar-refractivity contribution is 14.1. The molecule has 0 aliphatic carbocycles. The number of phenolic OH excluding ortho intramolecular Hbond substituents is 1. The lowest BCUT2D eigenvalue weighted by molar-refractivity contribution is -0.387. The van der Waals surface area contributed by atoms with Gasteiger partial charge in [-0.2, -0.15) is 0 Å². The van der Waals surface area contributed by atoms with E-state index in [-0.39, 0.29) is 16.4 Å². The Balaban J connectivity index is 2.34. The number of benzene rings is 2. The number of rotatable bonds is 3. The summed E-state index contributed by atoms with van der Waals surface area (Å²) in [6.45, 7) is 0. The zero-order valence-corrected chi connectivity index (χ0v) is 12.0. The molecule has 2 aromatic carbocycles. The third-order valence-corrected chi connectivity index (χ3v) is 3.93. The summed E-state index contributed by atoms with van der Waals surface area (Å²) in [5.41, 5.74) is 0.0972. The molecule has 0 unspecified atom stereocenters. The van der Waals surface area contributed by atoms with E-state index in [4.69, 9.17) is 0 Å². The van der Waals surface area contributed by atoms with E-state index in [1.807, 2.05) is 28.7 Å². The van der Waals surface area contributed by atoms with Crippen molar-refractivity contribution in [3.8, 4) is 5.75 Å². The van der Waals surface area contributed by atoms with Gasteiger partial charge < -0.3 is 5.11 Å². The zero-order valence-electron chi connectivity index (χ0n) is 9.04. The molecule has 0 aliphatic rings. The fourth-order valence-electron chi connectivity index (χ4n) is 1.36. The van der Waals surface area contributed by atoms with E-state index in [1.165, 1.54) is 11.8 Å². The maximum Gasteiger partial charge on any atom is 0.284 e. The van der Waals surface area contributed by atoms with Crippen LogP contribution in [0.1, 0.15) is 0 Å². The molecule has 0 radical (unpaired) electrons. The Hall–Kier alpha value is -1.28. The van der Waals surface area contributed by atoms with Crippen LogP contribution in [0, 0.1) is 13.7 Å². The highest BCUT2D eigenvalue weighted by Crippen LogP contribution is 2.35. The third-order valence-electron chi connectivity index (χ3n) is 2.18. The minimum Gasteiger partial charge on any atom is -0.508 e. The monoisotopic (exact) mass is 373 g/mol. The maximum atomic E-state index is 11.0. The normalized spacial score (nSPS) is 10.3. The summed E-state index contributed by atoms with van der Waals surface area (Å²) in [7, 11) is 0. The average Bonchev–Trinajstić information content (AvgIpc) is 2.34. The van der Waals surface area contributed by atoms with Crippen LogP contribution in [0.2, 0.25) is 0 Å². The van der Waals surface area contributed by atoms with Crippen LogP contribution in [-0.4, -0.2) is 10.0 Å². The Kier molecular flexibility index (Phi) is 4.07. The van der Waals surface area contributed by atoms with Gasteiger partial charge in [-0.25, -0.2) is 0 Å². The topological polar surface area (TPSA) is 63.4 Å². The Morgan fingerprint density at radius 2 is 1.83 bits per heavy atom. The molecule has 18 heavy (non-hydrogen) atoms. The number of nitrogens with zero attached hydrogens (tertiary/aromatic N) is 1. The molecule has 4 nitrogen and oxygen atoms in total. The molecule has 0 bridgehead atoms. The standard InChI is InChI=1S/C12H8INO3S/c13-8-1-6-12(11(7-8)14(16)17)18-10-4-2-9(15)3-5-10/h1-7,15H. The van der Waals surface area contributed by atoms with Crippen molar-refractivity contribution in [1.29, 1.82) is 0 Å². The van der Waals surface area contributed by atoms with Crippen molar-refractivity contribution < 1.29 is 10.0 Å². The predicted molar refractivity (Wildman–Crippen MR) is 78.0 cm³/mol. The molecule has 0 aromatic heterocycles. The van der Waals surface area contributed by atoms with Gasteiger partial charge in [0.15, 0.2) is 0 Å². The summed E-state index contributed by atoms with van der Waals surface area (Å²) >= 11 is 3.35. The minimum atomic E-state index is -0.384. The summed E-state index contributed by atoms with van der Waals surface area (Å²) in [4.78, 5) is 12.0. The van der Waals surface area contributed by atoms with Gasteiger partial charge >= 0.3 is 0 Å². The van der Waals surface area contributed by atoms with Crippen LogP contribution in [0.3, 0.4) is 0 Å². The number of halogens is 1. The first-order valence-electron chi connectivity index (χ1n) is 4.97. The van der Waals surface area contributed by atoms with Crippen molar-refractivity contribution in [1.82, 2.24) is 0 Å². The van der Waals surface area contributed by atoms with Gasteiger partial charge in [0.1, 0.15) is 5.75 Å². The van der Waals surface area contributed by atoms with Crippen LogP contribution in [0.15, 0.2) is 52.3 Å². The lowest BCUT2D eigenvalue weighted by Crippen LogP contribution is -1.91. The molecular weight excluding hydrogens is 365 g/mol. The number of hydrogen-bond acceptors (Lipinski definition) is 4. The second-order valence-corrected chi connectivity index (χ2v) is 5.83. The molecule has 0 amide bonds. The smallest absolute Gasteiger partial charge is 0.284 e. The SMILES string of the molecule is O=[N+]([O-])c1cc(I)ccc1Sc1ccc(O)cc1. The van der Waals surface area contributed by atoms with Gasteiger partial charge in [-0.3, -0.25) is 10.1 Å². The maximum absolute atomic E-state index is 11.0. The number of nitro groups is 1. The number of nitro benzene ring substituents is 1. The largest absolute Gasteiger partial charge is 0.508 e. The molecule has 0 saturated carbocycles. The van der Waals surface area contributed by atoms with Gasteiger partial charge in [0.25, 0.3) is 5.69 Å². The van der Waals surface area contributed by atoms with Crippen LogP contribution in [-0.2, 0) is 0 Å². The number of aromatic hydroxyl groups is 1. The van der Waals surface area contributed by atoms with Crippen molar-refractivity contribution in [2.75, 3.05) is 0 Å². The highest BCUT2D eigenvalue weighted by Gasteiger charge is 2.15. The Morgan fingerprint density at radius 1 is 1.17 bits per heavy atom. The van der Waals surface area contributed by atoms with Crippen molar-refractivity contribution in [2.24, 2.45) is 0 Å². The fraction of sp³-hybridized carbons (Fsp3) is 0. The second-order valence-electron chi connectivity index (χ2n) is 3.47. The van der Waals surface area contributed by atoms with Gasteiger partial charge in [0.05, 0.1) is 9.82 Å². The molecule has 92 valence electrons. The average molecular weight is 373 g/mol. The highest BCUT2D eigenvalue weighted by atomic mass is 127. The van der Waals surface area contributed by atoms with E-state index in [1.54, 1.807) is 36.4 Å². The van der Waals surface area contributed by atoms with Crippen LogP contribution in [0.4, 0.5) is 5.69 Å². The summed E-state index contributed by atoms with van der Waals surface area (Å²) in [5, 5.41) is 20.2. The van der Waals surface area contributed by atoms with Crippen molar-refractivity contribution in [3.63, 3.8) is 0 Å². The molecule has 2 rings (SSSR count). The summed E-state index contributed by atoms with van der Waals surface area (Å²) in [6, 6.07) is 11.7. The third kappa shape index (κ3) is 3.14. The molecule has 2 aromatic rings. The molecule has 0 atom stereocenters. The van der Waals surface area contributed by atoms with E-state index in [2.05, 4.69) is 0 Å². The molecular formula is C12H8INO3S. The summed E-state index contributed by atoms with van der Waals surface area (Å²) in [6.07, 6.45) is 0. The summed E-state index contributed by atoms with van der Waals surface area (Å²) in [5.74, 6) is 0.177. The Bertz CT molecular complexity index is 586. The quantitative estimate of drug-likeness (QED) is 0.501. The van der Waals surface area contributed by atoms with Crippen LogP contribution < -0.4 is 0 Å². The van der Waals surface area contributed by atoms with E-state index < -0.39 is 0 Å². The van der Waals surface area contributed by atoms with Gasteiger partial charge in [-0.1, -0.05) is 11.8 Å². The molecule has 0 spiro atoms. The van der Waals surface area contributed by atoms with Crippen LogP contribution in [0.25, 0.3) is 0 Å². The molecule has 0 heterocycles. The summed E-state index contributed by atoms with van der Waals surface area (Å²) < 4.78 is 0.828. The van der Waals surface area contributed by atoms with Gasteiger partial charge in [0.2, 0.25) is 0 Å². The van der Waals surface area contributed by atoms with Crippen molar-refractivity contribution >= 4 is 40.0 Å². The molecule has 1 N–H and O–H groups in total. The minimum absolute atomic E-state index is 0.0972. The van der Waals surface area contributed by atoms with Crippen LogP contribution in [0.5, 0.6) is 5.75 Å². The van der Waals surface area contributed by atoms with E-state index in [0.717, 1.165) is 8.47 Å². The first-order chi connectivity index (χ1) is 8.56. The zero-order chi connectivity index (χ0) is 13.1. The van der Waals surface area contributed by atoms with E-state index in [9.17, 15) is 15.2 Å². The number of hydrogen-bond donors (Lipinski definition) is 1. The molecule has 0 aliphatic heterocycles. The lowest BCUT2D eigenvalue weighted by Gasteiger charge is -2.03. The van der Waals surface area contributed by atoms with Crippen molar-refractivity contribution in [3.05, 3.63) is 56.1 Å². The predicted octanol–water partition coefficient (Wildman–Crippen LogP) is 4.06. The van der Waals surface area contributed by atoms with E-state index >= 15 is 0 Å². The first-order valence-corrected chi connectivity index (χ1v) is 6.86. The van der Waals surface area contributed by atoms with Crippen molar-refractivity contribution in [2.45, 2.75) is 9.79 Å². The second kappa shape index (κ2) is 5.57. The first kappa shape index (κ1) is 13.2. The Labute approximate surface area is 121 Å². The molecule has 6 heteroatoms. The fourth-order valence-corrected chi connectivity index (χ4v) is 2.74. The van der Waals surface area contributed by atoms with Gasteiger partial charge in [0, 0.05) is 14.5 Å². The van der Waals surface area contributed by atoms with Gasteiger partial charge in [-0.15, -0.1) is 0 Å². The van der Waals surface area contributed by atoms with E-state index in [0.29, 0.717) is 4.90 Å². The number of phenols is 1. The van der Waals surface area contributed by atoms with Crippen LogP contribution >= 0.6 is 34.4 Å². The van der Waals surface area contributed by atoms with Gasteiger partial charge in [-0.05, 0) is 59.0 Å². The molecule has 0 fully saturated rings. The Morgan fingerprint density at radius 3 is 2.44 bits per heavy atom.